The number of aromatic amines is 1. The van der Waals surface area contributed by atoms with Crippen molar-refractivity contribution in [2.24, 2.45) is 12.8 Å². The molecular weight excluding hydrogens is 404 g/mol. The zero-order valence-electron chi connectivity index (χ0n) is 18.2. The molecule has 0 bridgehead atoms. The fraction of sp³-hybridized carbons (Fsp3) is 0.292. The molecule has 0 spiro atoms. The standard InChI is InChI=1S/C24H26N6O2/c1-14-6-5-7-15(12-14)20-21(27-23(26-20)28-22(25)31)16-10-11-18-19(13-16)29(2)24(32)30(18)17-8-3-4-9-17/h5-7,10-13,17H,3-4,8-9H2,1-2H3,(H4,25,26,27,28,31). The molecule has 4 N–H and O–H groups in total. The molecule has 0 aliphatic heterocycles. The Labute approximate surface area is 185 Å². The smallest absolute Gasteiger partial charge is 0.329 e. The highest BCUT2D eigenvalue weighted by molar-refractivity contribution is 5.90. The normalized spacial score (nSPS) is 14.3. The van der Waals surface area contributed by atoms with Gasteiger partial charge in [-0.15, -0.1) is 0 Å². The summed E-state index contributed by atoms with van der Waals surface area (Å²) in [6, 6.07) is 13.6. The van der Waals surface area contributed by atoms with Gasteiger partial charge in [0, 0.05) is 24.2 Å². The minimum atomic E-state index is -0.687. The van der Waals surface area contributed by atoms with Crippen LogP contribution in [0, 0.1) is 6.92 Å². The van der Waals surface area contributed by atoms with Gasteiger partial charge in [0.25, 0.3) is 0 Å². The first-order valence-electron chi connectivity index (χ1n) is 10.9. The second-order valence-corrected chi connectivity index (χ2v) is 8.52. The average molecular weight is 431 g/mol. The lowest BCUT2D eigenvalue weighted by molar-refractivity contribution is 0.259. The SMILES string of the molecule is Cc1cccc(-c2nc(NC(N)=O)[nH]c2-c2ccc3c(c2)n(C)c(=O)n3C2CCCC2)c1. The van der Waals surface area contributed by atoms with Crippen molar-refractivity contribution in [3.63, 3.8) is 0 Å². The molecule has 2 aromatic heterocycles. The molecule has 2 amide bonds. The molecule has 32 heavy (non-hydrogen) atoms. The molecule has 0 radical (unpaired) electrons. The van der Waals surface area contributed by atoms with Crippen LogP contribution in [-0.4, -0.2) is 25.1 Å². The highest BCUT2D eigenvalue weighted by Crippen LogP contribution is 2.35. The van der Waals surface area contributed by atoms with E-state index in [9.17, 15) is 9.59 Å². The van der Waals surface area contributed by atoms with Gasteiger partial charge in [-0.2, -0.15) is 0 Å². The number of aromatic nitrogens is 4. The summed E-state index contributed by atoms with van der Waals surface area (Å²) in [7, 11) is 1.81. The maximum Gasteiger partial charge on any atom is 0.329 e. The number of primary amides is 1. The van der Waals surface area contributed by atoms with Gasteiger partial charge in [-0.3, -0.25) is 14.5 Å². The fourth-order valence-corrected chi connectivity index (χ4v) is 4.79. The van der Waals surface area contributed by atoms with E-state index < -0.39 is 6.03 Å². The van der Waals surface area contributed by atoms with Crippen LogP contribution in [0.3, 0.4) is 0 Å². The third-order valence-electron chi connectivity index (χ3n) is 6.30. The predicted molar refractivity (Wildman–Crippen MR) is 126 cm³/mol. The molecule has 8 heteroatoms. The number of amides is 2. The number of nitrogens with zero attached hydrogens (tertiary/aromatic N) is 3. The lowest BCUT2D eigenvalue weighted by Gasteiger charge is -2.11. The number of nitrogens with one attached hydrogen (secondary N) is 2. The van der Waals surface area contributed by atoms with Crippen molar-refractivity contribution in [3.8, 4) is 22.5 Å². The molecule has 2 aromatic carbocycles. The van der Waals surface area contributed by atoms with E-state index in [0.717, 1.165) is 59.1 Å². The molecule has 4 aromatic rings. The van der Waals surface area contributed by atoms with E-state index in [2.05, 4.69) is 15.3 Å². The van der Waals surface area contributed by atoms with Gasteiger partial charge in [0.1, 0.15) is 0 Å². The van der Waals surface area contributed by atoms with Crippen molar-refractivity contribution < 1.29 is 4.79 Å². The molecule has 8 nitrogen and oxygen atoms in total. The zero-order valence-corrected chi connectivity index (χ0v) is 18.2. The summed E-state index contributed by atoms with van der Waals surface area (Å²) in [5.74, 6) is 0.279. The number of rotatable bonds is 4. The first-order chi connectivity index (χ1) is 15.4. The summed E-state index contributed by atoms with van der Waals surface area (Å²) in [6.07, 6.45) is 4.41. The average Bonchev–Trinajstić information content (AvgIpc) is 3.48. The number of aryl methyl sites for hydroxylation is 2. The van der Waals surface area contributed by atoms with Crippen LogP contribution in [0.25, 0.3) is 33.5 Å². The molecule has 0 unspecified atom stereocenters. The second kappa shape index (κ2) is 7.71. The Hall–Kier alpha value is -3.81. The summed E-state index contributed by atoms with van der Waals surface area (Å²) in [5.41, 5.74) is 11.5. The number of carbonyl (C=O) groups excluding carboxylic acids is 1. The van der Waals surface area contributed by atoms with E-state index in [0.29, 0.717) is 5.69 Å². The van der Waals surface area contributed by atoms with Gasteiger partial charge in [-0.1, -0.05) is 42.7 Å². The van der Waals surface area contributed by atoms with Crippen LogP contribution in [0.2, 0.25) is 0 Å². The molecule has 1 fully saturated rings. The Balaban J connectivity index is 1.68. The first-order valence-corrected chi connectivity index (χ1v) is 10.9. The Morgan fingerprint density at radius 1 is 1.12 bits per heavy atom. The maximum atomic E-state index is 13.0. The molecule has 2 heterocycles. The highest BCUT2D eigenvalue weighted by Gasteiger charge is 2.23. The molecule has 0 saturated heterocycles. The number of nitrogens with two attached hydrogens (primary N) is 1. The Morgan fingerprint density at radius 3 is 2.62 bits per heavy atom. The van der Waals surface area contributed by atoms with E-state index in [4.69, 9.17) is 5.73 Å². The molecule has 1 saturated carbocycles. The second-order valence-electron chi connectivity index (χ2n) is 8.52. The van der Waals surface area contributed by atoms with Gasteiger partial charge in [-0.05, 0) is 38.0 Å². The van der Waals surface area contributed by atoms with Crippen molar-refractivity contribution in [2.75, 3.05) is 5.32 Å². The monoisotopic (exact) mass is 430 g/mol. The number of H-pyrrole nitrogens is 1. The van der Waals surface area contributed by atoms with Crippen LogP contribution in [-0.2, 0) is 7.05 Å². The summed E-state index contributed by atoms with van der Waals surface area (Å²) >= 11 is 0. The molecular formula is C24H26N6O2. The van der Waals surface area contributed by atoms with E-state index >= 15 is 0 Å². The van der Waals surface area contributed by atoms with E-state index in [-0.39, 0.29) is 17.7 Å². The number of benzene rings is 2. The van der Waals surface area contributed by atoms with Gasteiger partial charge in [0.05, 0.1) is 22.4 Å². The lowest BCUT2D eigenvalue weighted by Crippen LogP contribution is -2.24. The van der Waals surface area contributed by atoms with Crippen molar-refractivity contribution in [1.82, 2.24) is 19.1 Å². The van der Waals surface area contributed by atoms with Crippen LogP contribution >= 0.6 is 0 Å². The Kier molecular flexibility index (Phi) is 4.84. The largest absolute Gasteiger partial charge is 0.351 e. The van der Waals surface area contributed by atoms with Gasteiger partial charge < -0.3 is 10.7 Å². The summed E-state index contributed by atoms with van der Waals surface area (Å²) < 4.78 is 3.66. The maximum absolute atomic E-state index is 13.0. The summed E-state index contributed by atoms with van der Waals surface area (Å²) in [6.45, 7) is 2.02. The summed E-state index contributed by atoms with van der Waals surface area (Å²) in [4.78, 5) is 32.2. The highest BCUT2D eigenvalue weighted by atomic mass is 16.2. The van der Waals surface area contributed by atoms with Crippen molar-refractivity contribution >= 4 is 23.0 Å². The number of anilines is 1. The van der Waals surface area contributed by atoms with E-state index in [1.807, 2.05) is 61.0 Å². The van der Waals surface area contributed by atoms with Crippen LogP contribution in [0.15, 0.2) is 47.3 Å². The van der Waals surface area contributed by atoms with E-state index in [1.165, 1.54) is 0 Å². The number of imidazole rings is 2. The van der Waals surface area contributed by atoms with E-state index in [1.54, 1.807) is 4.57 Å². The zero-order chi connectivity index (χ0) is 22.4. The Morgan fingerprint density at radius 2 is 1.91 bits per heavy atom. The van der Waals surface area contributed by atoms with Gasteiger partial charge >= 0.3 is 11.7 Å². The minimum absolute atomic E-state index is 0.0173. The number of urea groups is 1. The van der Waals surface area contributed by atoms with Crippen LogP contribution in [0.1, 0.15) is 37.3 Å². The minimum Gasteiger partial charge on any atom is -0.351 e. The number of carbonyl (C=O) groups is 1. The first kappa shape index (κ1) is 20.1. The lowest BCUT2D eigenvalue weighted by atomic mass is 10.0. The topological polar surface area (TPSA) is 111 Å². The number of fused-ring (bicyclic) bond motifs is 1. The van der Waals surface area contributed by atoms with Crippen LogP contribution < -0.4 is 16.7 Å². The van der Waals surface area contributed by atoms with Crippen molar-refractivity contribution in [2.45, 2.75) is 38.6 Å². The van der Waals surface area contributed by atoms with Crippen LogP contribution in [0.4, 0.5) is 10.7 Å². The van der Waals surface area contributed by atoms with Gasteiger partial charge in [0.15, 0.2) is 0 Å². The number of hydrogen-bond acceptors (Lipinski definition) is 3. The predicted octanol–water partition coefficient (Wildman–Crippen LogP) is 4.31. The third kappa shape index (κ3) is 3.37. The Bertz CT molecular complexity index is 1390. The molecule has 1 aliphatic rings. The van der Waals surface area contributed by atoms with Crippen LogP contribution in [0.5, 0.6) is 0 Å². The molecule has 5 rings (SSSR count). The van der Waals surface area contributed by atoms with Crippen molar-refractivity contribution in [3.05, 3.63) is 58.5 Å². The number of hydrogen-bond donors (Lipinski definition) is 3. The third-order valence-corrected chi connectivity index (χ3v) is 6.30. The quantitative estimate of drug-likeness (QED) is 0.448. The summed E-state index contributed by atoms with van der Waals surface area (Å²) in [5, 5.41) is 2.53. The molecule has 1 aliphatic carbocycles. The molecule has 0 atom stereocenters. The van der Waals surface area contributed by atoms with Crippen molar-refractivity contribution in [1.29, 1.82) is 0 Å². The molecule has 164 valence electrons. The van der Waals surface area contributed by atoms with Gasteiger partial charge in [-0.25, -0.2) is 14.6 Å². The fourth-order valence-electron chi connectivity index (χ4n) is 4.79. The van der Waals surface area contributed by atoms with Gasteiger partial charge in [0.2, 0.25) is 5.95 Å².